The van der Waals surface area contributed by atoms with Crippen molar-refractivity contribution in [3.05, 3.63) is 32.6 Å². The van der Waals surface area contributed by atoms with Crippen LogP contribution in [-0.2, 0) is 16.1 Å². The molecular formula is C21H32N4O4. The number of H-pyrrole nitrogens is 1. The first-order chi connectivity index (χ1) is 13.8. The van der Waals surface area contributed by atoms with Crippen molar-refractivity contribution in [2.24, 2.45) is 17.8 Å². The normalized spacial score (nSPS) is 29.3. The Bertz CT molecular complexity index is 872. The second kappa shape index (κ2) is 8.07. The number of ether oxygens (including phenoxy) is 1. The molecule has 0 aromatic carbocycles. The Morgan fingerprint density at radius 3 is 2.55 bits per heavy atom. The van der Waals surface area contributed by atoms with Crippen LogP contribution >= 0.6 is 0 Å². The summed E-state index contributed by atoms with van der Waals surface area (Å²) in [5.74, 6) is 1.61. The molecule has 1 aromatic rings. The molecule has 3 fully saturated rings. The maximum absolute atomic E-state index is 12.9. The number of carbonyl (C=O) groups is 1. The number of hydrogen-bond donors (Lipinski definition) is 1. The summed E-state index contributed by atoms with van der Waals surface area (Å²) in [5.41, 5.74) is -0.512. The van der Waals surface area contributed by atoms with Gasteiger partial charge in [-0.25, -0.2) is 4.79 Å². The van der Waals surface area contributed by atoms with Crippen LogP contribution in [0.2, 0.25) is 0 Å². The Hall–Kier alpha value is -1.93. The van der Waals surface area contributed by atoms with Gasteiger partial charge in [-0.1, -0.05) is 0 Å². The summed E-state index contributed by atoms with van der Waals surface area (Å²) in [4.78, 5) is 42.8. The van der Waals surface area contributed by atoms with Gasteiger partial charge in [-0.05, 0) is 64.5 Å². The molecule has 2 aliphatic carbocycles. The Balaban J connectivity index is 1.40. The maximum atomic E-state index is 12.9. The van der Waals surface area contributed by atoms with Crippen molar-refractivity contribution in [3.8, 4) is 0 Å². The number of amides is 1. The van der Waals surface area contributed by atoms with Gasteiger partial charge < -0.3 is 14.5 Å². The fourth-order valence-corrected chi connectivity index (χ4v) is 4.84. The number of hydrogen-bond acceptors (Lipinski definition) is 5. The van der Waals surface area contributed by atoms with Crippen LogP contribution in [-0.4, -0.2) is 71.2 Å². The summed E-state index contributed by atoms with van der Waals surface area (Å²) in [6.07, 6.45) is 6.29. The first-order valence-electron chi connectivity index (χ1n) is 10.7. The summed E-state index contributed by atoms with van der Waals surface area (Å²) in [6.45, 7) is 3.93. The van der Waals surface area contributed by atoms with Crippen molar-refractivity contribution in [1.29, 1.82) is 0 Å². The highest BCUT2D eigenvalue weighted by atomic mass is 16.5. The number of fused-ring (bicyclic) bond motifs is 1. The molecule has 8 heteroatoms. The minimum atomic E-state index is -0.535. The molecule has 1 N–H and O–H groups in total. The van der Waals surface area contributed by atoms with Crippen LogP contribution in [0, 0.1) is 24.7 Å². The highest BCUT2D eigenvalue weighted by Gasteiger charge is 2.44. The van der Waals surface area contributed by atoms with Gasteiger partial charge in [-0.15, -0.1) is 0 Å². The average molecular weight is 405 g/mol. The number of aromatic nitrogens is 2. The summed E-state index contributed by atoms with van der Waals surface area (Å²) >= 11 is 0. The van der Waals surface area contributed by atoms with Gasteiger partial charge >= 0.3 is 5.69 Å². The smallest absolute Gasteiger partial charge is 0.328 e. The highest BCUT2D eigenvalue weighted by Crippen LogP contribution is 2.40. The molecule has 0 bridgehead atoms. The molecule has 2 saturated carbocycles. The van der Waals surface area contributed by atoms with E-state index in [4.69, 9.17) is 4.74 Å². The zero-order valence-corrected chi connectivity index (χ0v) is 17.6. The molecule has 29 heavy (non-hydrogen) atoms. The second-order valence-corrected chi connectivity index (χ2v) is 9.34. The van der Waals surface area contributed by atoms with Gasteiger partial charge in [0, 0.05) is 37.5 Å². The van der Waals surface area contributed by atoms with Crippen LogP contribution < -0.4 is 11.2 Å². The van der Waals surface area contributed by atoms with Gasteiger partial charge in [0.05, 0.1) is 6.10 Å². The quantitative estimate of drug-likeness (QED) is 0.743. The molecule has 0 radical (unpaired) electrons. The van der Waals surface area contributed by atoms with Crippen LogP contribution in [0.15, 0.2) is 15.8 Å². The standard InChI is InChI=1S/C21H32N4O4/c1-13-8-25(21(28)22-20(13)27)11-19(26)24-9-15-6-17(23(2)3)18(7-16(15)10-24)29-12-14-4-5-14/h8,14-18H,4-7,9-12H2,1-3H3,(H,22,27,28)/t15-,16+,17-,18-/m1/s1. The Morgan fingerprint density at radius 2 is 1.90 bits per heavy atom. The van der Waals surface area contributed by atoms with E-state index in [1.54, 1.807) is 6.92 Å². The average Bonchev–Trinajstić information content (AvgIpc) is 3.40. The third-order valence-corrected chi connectivity index (χ3v) is 6.84. The summed E-state index contributed by atoms with van der Waals surface area (Å²) < 4.78 is 7.59. The van der Waals surface area contributed by atoms with E-state index < -0.39 is 11.2 Å². The number of nitrogens with zero attached hydrogens (tertiary/aromatic N) is 3. The molecule has 1 aliphatic heterocycles. The Morgan fingerprint density at radius 1 is 1.21 bits per heavy atom. The number of rotatable bonds is 6. The maximum Gasteiger partial charge on any atom is 0.328 e. The van der Waals surface area contributed by atoms with E-state index in [0.29, 0.717) is 23.4 Å². The van der Waals surface area contributed by atoms with Gasteiger partial charge in [-0.3, -0.25) is 19.1 Å². The van der Waals surface area contributed by atoms with Gasteiger partial charge in [0.25, 0.3) is 5.56 Å². The lowest BCUT2D eigenvalue weighted by Crippen LogP contribution is -2.48. The summed E-state index contributed by atoms with van der Waals surface area (Å²) in [7, 11) is 4.22. The zero-order chi connectivity index (χ0) is 20.7. The van der Waals surface area contributed by atoms with E-state index in [1.807, 2.05) is 4.90 Å². The fourth-order valence-electron chi connectivity index (χ4n) is 4.84. The van der Waals surface area contributed by atoms with Crippen molar-refractivity contribution in [2.45, 2.75) is 51.3 Å². The van der Waals surface area contributed by atoms with Crippen molar-refractivity contribution in [1.82, 2.24) is 19.4 Å². The monoisotopic (exact) mass is 404 g/mol. The number of likely N-dealkylation sites (tertiary alicyclic amines) is 1. The fraction of sp³-hybridized carbons (Fsp3) is 0.762. The number of aromatic amines is 1. The molecule has 4 rings (SSSR count). The van der Waals surface area contributed by atoms with Gasteiger partial charge in [0.2, 0.25) is 5.91 Å². The third-order valence-electron chi connectivity index (χ3n) is 6.84. The van der Waals surface area contributed by atoms with Crippen LogP contribution in [0.5, 0.6) is 0 Å². The van der Waals surface area contributed by atoms with E-state index in [0.717, 1.165) is 38.5 Å². The van der Waals surface area contributed by atoms with Gasteiger partial charge in [0.1, 0.15) is 6.54 Å². The largest absolute Gasteiger partial charge is 0.376 e. The van der Waals surface area contributed by atoms with Crippen molar-refractivity contribution >= 4 is 5.91 Å². The number of likely N-dealkylation sites (N-methyl/N-ethyl adjacent to an activating group) is 1. The van der Waals surface area contributed by atoms with Crippen LogP contribution in [0.1, 0.15) is 31.2 Å². The van der Waals surface area contributed by atoms with E-state index in [1.165, 1.54) is 23.6 Å². The molecule has 1 saturated heterocycles. The van der Waals surface area contributed by atoms with E-state index in [9.17, 15) is 14.4 Å². The zero-order valence-electron chi connectivity index (χ0n) is 17.6. The third kappa shape index (κ3) is 4.48. The minimum absolute atomic E-state index is 0.0331. The Kier molecular flexibility index (Phi) is 5.66. The van der Waals surface area contributed by atoms with Crippen molar-refractivity contribution < 1.29 is 9.53 Å². The molecule has 2 heterocycles. The molecular weight excluding hydrogens is 372 g/mol. The van der Waals surface area contributed by atoms with Crippen LogP contribution in [0.25, 0.3) is 0 Å². The molecule has 0 spiro atoms. The number of carbonyl (C=O) groups excluding carboxylic acids is 1. The molecule has 1 amide bonds. The van der Waals surface area contributed by atoms with Crippen LogP contribution in [0.3, 0.4) is 0 Å². The Labute approximate surface area is 170 Å². The SMILES string of the molecule is Cc1cn(CC(=O)N2C[C@H]3C[C@@H](N(C)C)[C@H](OCC4CC4)C[C@H]3C2)c(=O)[nH]c1=O. The summed E-state index contributed by atoms with van der Waals surface area (Å²) in [6, 6.07) is 0.384. The van der Waals surface area contributed by atoms with Crippen LogP contribution in [0.4, 0.5) is 0 Å². The highest BCUT2D eigenvalue weighted by molar-refractivity contribution is 5.76. The van der Waals surface area contributed by atoms with Gasteiger partial charge in [-0.2, -0.15) is 0 Å². The molecule has 1 aromatic heterocycles. The van der Waals surface area contributed by atoms with Gasteiger partial charge in [0.15, 0.2) is 0 Å². The predicted octanol–water partition coefficient (Wildman–Crippen LogP) is 0.439. The lowest BCUT2D eigenvalue weighted by molar-refractivity contribution is -0.131. The lowest BCUT2D eigenvalue weighted by atomic mass is 9.77. The molecule has 0 unspecified atom stereocenters. The molecule has 3 aliphatic rings. The molecule has 4 atom stereocenters. The number of nitrogens with one attached hydrogen (secondary N) is 1. The topological polar surface area (TPSA) is 87.6 Å². The minimum Gasteiger partial charge on any atom is -0.376 e. The van der Waals surface area contributed by atoms with Crippen molar-refractivity contribution in [3.63, 3.8) is 0 Å². The van der Waals surface area contributed by atoms with Crippen molar-refractivity contribution in [2.75, 3.05) is 33.8 Å². The predicted molar refractivity (Wildman–Crippen MR) is 109 cm³/mol. The van der Waals surface area contributed by atoms with E-state index in [-0.39, 0.29) is 18.6 Å². The van der Waals surface area contributed by atoms with E-state index in [2.05, 4.69) is 24.0 Å². The van der Waals surface area contributed by atoms with E-state index >= 15 is 0 Å². The lowest BCUT2D eigenvalue weighted by Gasteiger charge is -2.41. The number of aryl methyl sites for hydroxylation is 1. The second-order valence-electron chi connectivity index (χ2n) is 9.34. The molecule has 160 valence electrons. The summed E-state index contributed by atoms with van der Waals surface area (Å²) in [5, 5.41) is 0. The first-order valence-corrected chi connectivity index (χ1v) is 10.7. The first kappa shape index (κ1) is 20.3. The molecule has 8 nitrogen and oxygen atoms in total.